The van der Waals surface area contributed by atoms with E-state index in [0.717, 1.165) is 42.9 Å². The Hall–Kier alpha value is -0.810. The van der Waals surface area contributed by atoms with Crippen molar-refractivity contribution in [3.05, 3.63) is 11.6 Å². The smallest absolute Gasteiger partial charge is 0.0911 e. The molecule has 2 nitrogen and oxygen atoms in total. The summed E-state index contributed by atoms with van der Waals surface area (Å²) in [5.74, 6) is 3.25. The van der Waals surface area contributed by atoms with Gasteiger partial charge in [0.05, 0.1) is 12.2 Å². The Bertz CT molecular complexity index is 561. The van der Waals surface area contributed by atoms with Crippen LogP contribution in [0.25, 0.3) is 0 Å². The molecular weight excluding hydrogens is 282 g/mol. The van der Waals surface area contributed by atoms with Gasteiger partial charge in [-0.3, -0.25) is 0 Å². The quantitative estimate of drug-likeness (QED) is 0.650. The first kappa shape index (κ1) is 15.7. The number of nitrogens with zero attached hydrogens (tertiary/aromatic N) is 1. The van der Waals surface area contributed by atoms with E-state index in [1.807, 2.05) is 6.08 Å². The third-order valence-corrected chi connectivity index (χ3v) is 8.54. The lowest BCUT2D eigenvalue weighted by Gasteiger charge is -2.60. The highest BCUT2D eigenvalue weighted by Crippen LogP contribution is 2.66. The molecule has 4 rings (SSSR count). The van der Waals surface area contributed by atoms with E-state index in [0.29, 0.717) is 10.8 Å². The minimum Gasteiger partial charge on any atom is -0.393 e. The maximum Gasteiger partial charge on any atom is 0.0911 e. The minimum absolute atomic E-state index is 0.0462. The molecule has 23 heavy (non-hydrogen) atoms. The highest BCUT2D eigenvalue weighted by molar-refractivity contribution is 5.23. The number of hydrogen-bond donors (Lipinski definition) is 1. The lowest BCUT2D eigenvalue weighted by atomic mass is 9.45. The first-order chi connectivity index (χ1) is 11.0. The molecule has 4 saturated carbocycles. The minimum atomic E-state index is -0.0462. The third-order valence-electron chi connectivity index (χ3n) is 8.54. The number of aliphatic hydroxyl groups is 1. The van der Waals surface area contributed by atoms with Crippen molar-refractivity contribution in [2.75, 3.05) is 0 Å². The summed E-state index contributed by atoms with van der Waals surface area (Å²) in [7, 11) is 0. The fourth-order valence-corrected chi connectivity index (χ4v) is 7.32. The largest absolute Gasteiger partial charge is 0.393 e. The summed E-state index contributed by atoms with van der Waals surface area (Å²) in [6.07, 6.45) is 12.8. The number of nitriles is 1. The van der Waals surface area contributed by atoms with E-state index >= 15 is 0 Å². The van der Waals surface area contributed by atoms with E-state index in [4.69, 9.17) is 5.26 Å². The number of fused-ring (bicyclic) bond motifs is 5. The highest BCUT2D eigenvalue weighted by Gasteiger charge is 2.58. The number of rotatable bonds is 0. The molecule has 0 aromatic rings. The fourth-order valence-electron chi connectivity index (χ4n) is 7.32. The van der Waals surface area contributed by atoms with Gasteiger partial charge in [-0.05, 0) is 92.3 Å². The number of hydrogen-bond acceptors (Lipinski definition) is 2. The molecule has 0 aromatic carbocycles. The van der Waals surface area contributed by atoms with Crippen molar-refractivity contribution in [1.29, 1.82) is 5.26 Å². The standard InChI is InChI=1S/C21H31NO/c1-20-8-6-18-17(19(20)11-14(13-20)7-10-22)4-3-15-12-16(23)5-9-21(15,18)2/h7,15-19,23H,3-6,8-9,11-13H2,1-2H3/t15-,16-,17-,18+,19+,20-,21+/m0/s1. The van der Waals surface area contributed by atoms with Crippen LogP contribution in [0.3, 0.4) is 0 Å². The molecule has 0 aromatic heterocycles. The molecule has 2 heteroatoms. The van der Waals surface area contributed by atoms with Crippen LogP contribution in [0.4, 0.5) is 0 Å². The average Bonchev–Trinajstić information content (AvgIpc) is 2.84. The van der Waals surface area contributed by atoms with Crippen molar-refractivity contribution >= 4 is 0 Å². The Morgan fingerprint density at radius 3 is 2.74 bits per heavy atom. The summed E-state index contributed by atoms with van der Waals surface area (Å²) in [5.41, 5.74) is 2.32. The summed E-state index contributed by atoms with van der Waals surface area (Å²) < 4.78 is 0. The number of aliphatic hydroxyl groups excluding tert-OH is 1. The van der Waals surface area contributed by atoms with Crippen LogP contribution in [-0.2, 0) is 0 Å². The van der Waals surface area contributed by atoms with Crippen molar-refractivity contribution in [3.8, 4) is 6.07 Å². The van der Waals surface area contributed by atoms with Crippen molar-refractivity contribution in [3.63, 3.8) is 0 Å². The maximum atomic E-state index is 10.1. The normalized spacial score (nSPS) is 54.0. The molecule has 4 aliphatic carbocycles. The molecule has 0 amide bonds. The molecule has 0 saturated heterocycles. The van der Waals surface area contributed by atoms with Crippen molar-refractivity contribution in [1.82, 2.24) is 0 Å². The van der Waals surface area contributed by atoms with Crippen LogP contribution in [0.15, 0.2) is 11.6 Å². The predicted octanol–water partition coefficient (Wildman–Crippen LogP) is 4.84. The van der Waals surface area contributed by atoms with Gasteiger partial charge in [-0.2, -0.15) is 5.26 Å². The van der Waals surface area contributed by atoms with Gasteiger partial charge in [-0.25, -0.2) is 0 Å². The van der Waals surface area contributed by atoms with Crippen molar-refractivity contribution < 1.29 is 5.11 Å². The van der Waals surface area contributed by atoms with E-state index < -0.39 is 0 Å². The summed E-state index contributed by atoms with van der Waals surface area (Å²) in [5, 5.41) is 19.2. The van der Waals surface area contributed by atoms with Crippen LogP contribution in [0.5, 0.6) is 0 Å². The molecule has 0 heterocycles. The summed E-state index contributed by atoms with van der Waals surface area (Å²) in [6.45, 7) is 5.04. The Balaban J connectivity index is 1.62. The van der Waals surface area contributed by atoms with Gasteiger partial charge in [-0.15, -0.1) is 0 Å². The second-order valence-electron chi connectivity index (χ2n) is 9.59. The predicted molar refractivity (Wildman–Crippen MR) is 91.4 cm³/mol. The van der Waals surface area contributed by atoms with Crippen LogP contribution in [0, 0.1) is 45.8 Å². The van der Waals surface area contributed by atoms with Gasteiger partial charge >= 0.3 is 0 Å². The van der Waals surface area contributed by atoms with E-state index in [1.54, 1.807) is 0 Å². The van der Waals surface area contributed by atoms with Gasteiger partial charge in [0.2, 0.25) is 0 Å². The van der Waals surface area contributed by atoms with Crippen molar-refractivity contribution in [2.24, 2.45) is 34.5 Å². The average molecular weight is 313 g/mol. The topological polar surface area (TPSA) is 44.0 Å². The third kappa shape index (κ3) is 2.30. The molecule has 0 spiro atoms. The van der Waals surface area contributed by atoms with Gasteiger partial charge < -0.3 is 5.11 Å². The maximum absolute atomic E-state index is 10.1. The molecule has 7 atom stereocenters. The van der Waals surface area contributed by atoms with E-state index in [9.17, 15) is 5.11 Å². The second-order valence-corrected chi connectivity index (χ2v) is 9.59. The van der Waals surface area contributed by atoms with Gasteiger partial charge in [-0.1, -0.05) is 19.4 Å². The van der Waals surface area contributed by atoms with Crippen molar-refractivity contribution in [2.45, 2.75) is 77.7 Å². The summed E-state index contributed by atoms with van der Waals surface area (Å²) in [6, 6.07) is 2.28. The zero-order chi connectivity index (χ0) is 16.2. The molecule has 4 aliphatic rings. The molecule has 126 valence electrons. The fraction of sp³-hybridized carbons (Fsp3) is 0.857. The lowest BCUT2D eigenvalue weighted by molar-refractivity contribution is -0.120. The van der Waals surface area contributed by atoms with Gasteiger partial charge in [0.15, 0.2) is 0 Å². The van der Waals surface area contributed by atoms with Gasteiger partial charge in [0.1, 0.15) is 0 Å². The molecule has 0 radical (unpaired) electrons. The van der Waals surface area contributed by atoms with Crippen LogP contribution < -0.4 is 0 Å². The van der Waals surface area contributed by atoms with E-state index in [-0.39, 0.29) is 6.10 Å². The van der Waals surface area contributed by atoms with Gasteiger partial charge in [0, 0.05) is 6.08 Å². The summed E-state index contributed by atoms with van der Waals surface area (Å²) in [4.78, 5) is 0. The van der Waals surface area contributed by atoms with E-state index in [2.05, 4.69) is 19.9 Å². The molecule has 1 N–H and O–H groups in total. The number of allylic oxidation sites excluding steroid dienone is 2. The van der Waals surface area contributed by atoms with E-state index in [1.165, 1.54) is 44.1 Å². The molecule has 4 fully saturated rings. The van der Waals surface area contributed by atoms with Gasteiger partial charge in [0.25, 0.3) is 0 Å². The van der Waals surface area contributed by atoms with Crippen LogP contribution in [-0.4, -0.2) is 11.2 Å². The summed E-state index contributed by atoms with van der Waals surface area (Å²) >= 11 is 0. The Morgan fingerprint density at radius 2 is 1.96 bits per heavy atom. The lowest BCUT2D eigenvalue weighted by Crippen LogP contribution is -2.53. The Labute approximate surface area is 141 Å². The van der Waals surface area contributed by atoms with Crippen LogP contribution in [0.1, 0.15) is 71.6 Å². The van der Waals surface area contributed by atoms with Crippen LogP contribution >= 0.6 is 0 Å². The molecule has 0 aliphatic heterocycles. The second kappa shape index (κ2) is 5.35. The molecule has 0 unspecified atom stereocenters. The molecule has 0 bridgehead atoms. The zero-order valence-electron chi connectivity index (χ0n) is 14.7. The Morgan fingerprint density at radius 1 is 1.13 bits per heavy atom. The molecular formula is C21H31NO. The Kier molecular flexibility index (Phi) is 3.65. The van der Waals surface area contributed by atoms with Crippen LogP contribution in [0.2, 0.25) is 0 Å². The first-order valence-electron chi connectivity index (χ1n) is 9.72. The SMILES string of the molecule is C[C@@]12CC[C@@H]3[C@H](CC[C@H]4C[C@@H](O)CC[C@]43C)[C@H]1CC(=CC#N)C2. The highest BCUT2D eigenvalue weighted by atomic mass is 16.3. The monoisotopic (exact) mass is 313 g/mol. The zero-order valence-corrected chi connectivity index (χ0v) is 14.7. The first-order valence-corrected chi connectivity index (χ1v) is 9.72.